The minimum absolute atomic E-state index is 0.0399. The molecule has 29 heavy (non-hydrogen) atoms. The molecule has 0 unspecified atom stereocenters. The fraction of sp³-hybridized carbons (Fsp3) is 0.304. The summed E-state index contributed by atoms with van der Waals surface area (Å²) < 4.78 is 5.65. The molecule has 0 bridgehead atoms. The lowest BCUT2D eigenvalue weighted by molar-refractivity contribution is 0.0787. The highest BCUT2D eigenvalue weighted by Gasteiger charge is 2.23. The van der Waals surface area contributed by atoms with E-state index >= 15 is 0 Å². The van der Waals surface area contributed by atoms with E-state index in [4.69, 9.17) is 16.0 Å². The molecule has 5 nitrogen and oxygen atoms in total. The predicted octanol–water partition coefficient (Wildman–Crippen LogP) is 4.77. The van der Waals surface area contributed by atoms with E-state index in [1.165, 1.54) is 11.8 Å². The summed E-state index contributed by atoms with van der Waals surface area (Å²) in [5.74, 6) is 0.507. The highest BCUT2D eigenvalue weighted by atomic mass is 35.5. The van der Waals surface area contributed by atoms with Crippen molar-refractivity contribution in [2.24, 2.45) is 0 Å². The van der Waals surface area contributed by atoms with Gasteiger partial charge in [-0.25, -0.2) is 4.98 Å². The molecule has 1 saturated heterocycles. The van der Waals surface area contributed by atoms with Crippen LogP contribution in [0.2, 0.25) is 5.02 Å². The summed E-state index contributed by atoms with van der Waals surface area (Å²) in [7, 11) is 0. The van der Waals surface area contributed by atoms with Crippen LogP contribution in [0.15, 0.2) is 65.3 Å². The molecule has 150 valence electrons. The number of carbonyl (C=O) groups excluding carboxylic acids is 1. The molecule has 0 radical (unpaired) electrons. The number of hydrogen-bond donors (Lipinski definition) is 0. The van der Waals surface area contributed by atoms with Crippen LogP contribution in [0, 0.1) is 0 Å². The van der Waals surface area contributed by atoms with Gasteiger partial charge in [-0.3, -0.25) is 9.69 Å². The molecule has 1 aromatic heterocycles. The number of amides is 1. The third kappa shape index (κ3) is 5.25. The fourth-order valence-corrected chi connectivity index (χ4v) is 3.87. The topological polar surface area (TPSA) is 49.6 Å². The van der Waals surface area contributed by atoms with E-state index in [1.54, 1.807) is 0 Å². The Morgan fingerprint density at radius 3 is 2.48 bits per heavy atom. The molecule has 1 fully saturated rings. The molecule has 2 aromatic carbocycles. The van der Waals surface area contributed by atoms with Gasteiger partial charge in [-0.2, -0.15) is 0 Å². The number of rotatable bonds is 7. The summed E-state index contributed by atoms with van der Waals surface area (Å²) in [6.45, 7) is 3.55. The van der Waals surface area contributed by atoms with Crippen molar-refractivity contribution in [2.75, 3.05) is 13.1 Å². The highest BCUT2D eigenvalue weighted by Crippen LogP contribution is 2.18. The molecule has 3 aromatic rings. The second kappa shape index (κ2) is 9.25. The Kier molecular flexibility index (Phi) is 6.27. The molecule has 6 heteroatoms. The summed E-state index contributed by atoms with van der Waals surface area (Å²) >= 11 is 6.16. The first-order chi connectivity index (χ1) is 14.2. The maximum absolute atomic E-state index is 12.5. The van der Waals surface area contributed by atoms with Crippen molar-refractivity contribution in [3.8, 4) is 0 Å². The molecule has 1 aliphatic rings. The molecule has 0 spiro atoms. The van der Waals surface area contributed by atoms with Gasteiger partial charge in [0.25, 0.3) is 5.91 Å². The number of oxazole rings is 1. The normalized spacial score (nSPS) is 13.9. The van der Waals surface area contributed by atoms with Crippen LogP contribution in [0.1, 0.15) is 40.3 Å². The van der Waals surface area contributed by atoms with Crippen LogP contribution in [-0.2, 0) is 19.6 Å². The van der Waals surface area contributed by atoms with Gasteiger partial charge in [0.2, 0.25) is 5.89 Å². The van der Waals surface area contributed by atoms with E-state index in [1.807, 2.05) is 41.3 Å². The van der Waals surface area contributed by atoms with Gasteiger partial charge in [-0.1, -0.05) is 54.1 Å². The molecule has 0 saturated carbocycles. The van der Waals surface area contributed by atoms with E-state index in [9.17, 15) is 4.79 Å². The maximum atomic E-state index is 12.5. The second-order valence-electron chi connectivity index (χ2n) is 7.39. The summed E-state index contributed by atoms with van der Waals surface area (Å²) in [6, 6.07) is 18.1. The number of halogens is 1. The van der Waals surface area contributed by atoms with Gasteiger partial charge in [0.15, 0.2) is 5.69 Å². The van der Waals surface area contributed by atoms with Gasteiger partial charge < -0.3 is 9.32 Å². The zero-order chi connectivity index (χ0) is 20.1. The van der Waals surface area contributed by atoms with Crippen LogP contribution in [0.5, 0.6) is 0 Å². The molecule has 1 aliphatic heterocycles. The Bertz CT molecular complexity index is 952. The first-order valence-corrected chi connectivity index (χ1v) is 10.3. The molecular formula is C23H24ClN3O2. The fourth-order valence-electron chi connectivity index (χ4n) is 3.66. The molecule has 0 aliphatic carbocycles. The monoisotopic (exact) mass is 409 g/mol. The Balaban J connectivity index is 1.49. The third-order valence-electron chi connectivity index (χ3n) is 5.07. The average molecular weight is 410 g/mol. The maximum Gasteiger partial charge on any atom is 0.275 e. The van der Waals surface area contributed by atoms with Crippen LogP contribution in [0.25, 0.3) is 0 Å². The lowest BCUT2D eigenvalue weighted by Gasteiger charge is -2.21. The van der Waals surface area contributed by atoms with Crippen molar-refractivity contribution in [1.29, 1.82) is 0 Å². The number of likely N-dealkylation sites (tertiary alicyclic amines) is 1. The SMILES string of the molecule is O=C(c1coc(CN(Cc2ccccc2)Cc2cccc(Cl)c2)n1)N1CCCC1. The number of carbonyl (C=O) groups is 1. The minimum atomic E-state index is -0.0399. The lowest BCUT2D eigenvalue weighted by Crippen LogP contribution is -2.28. The minimum Gasteiger partial charge on any atom is -0.447 e. The predicted molar refractivity (Wildman–Crippen MR) is 112 cm³/mol. The van der Waals surface area contributed by atoms with Gasteiger partial charge in [0, 0.05) is 31.2 Å². The summed E-state index contributed by atoms with van der Waals surface area (Å²) in [6.07, 6.45) is 3.60. The van der Waals surface area contributed by atoms with Crippen molar-refractivity contribution in [2.45, 2.75) is 32.5 Å². The summed E-state index contributed by atoms with van der Waals surface area (Å²) in [5.41, 5.74) is 2.71. The van der Waals surface area contributed by atoms with Gasteiger partial charge in [0.05, 0.1) is 6.54 Å². The molecular weight excluding hydrogens is 386 g/mol. The Morgan fingerprint density at radius 2 is 1.72 bits per heavy atom. The average Bonchev–Trinajstić information content (AvgIpc) is 3.41. The molecule has 1 amide bonds. The number of hydrogen-bond acceptors (Lipinski definition) is 4. The molecule has 4 rings (SSSR count). The van der Waals surface area contributed by atoms with E-state index in [2.05, 4.69) is 28.1 Å². The highest BCUT2D eigenvalue weighted by molar-refractivity contribution is 6.30. The zero-order valence-corrected chi connectivity index (χ0v) is 17.0. The van der Waals surface area contributed by atoms with Crippen molar-refractivity contribution >= 4 is 17.5 Å². The van der Waals surface area contributed by atoms with E-state index in [0.29, 0.717) is 24.7 Å². The van der Waals surface area contributed by atoms with Crippen LogP contribution in [0.4, 0.5) is 0 Å². The number of nitrogens with zero attached hydrogens (tertiary/aromatic N) is 3. The van der Waals surface area contributed by atoms with Crippen molar-refractivity contribution in [3.05, 3.63) is 88.6 Å². The largest absolute Gasteiger partial charge is 0.447 e. The Labute approximate surface area is 175 Å². The second-order valence-corrected chi connectivity index (χ2v) is 7.82. The summed E-state index contributed by atoms with van der Waals surface area (Å²) in [5, 5.41) is 0.719. The smallest absolute Gasteiger partial charge is 0.275 e. The first-order valence-electron chi connectivity index (χ1n) is 9.92. The van der Waals surface area contributed by atoms with Crippen LogP contribution < -0.4 is 0 Å². The van der Waals surface area contributed by atoms with Crippen molar-refractivity contribution < 1.29 is 9.21 Å². The van der Waals surface area contributed by atoms with Crippen LogP contribution >= 0.6 is 11.6 Å². The molecule has 0 N–H and O–H groups in total. The first kappa shape index (κ1) is 19.7. The third-order valence-corrected chi connectivity index (χ3v) is 5.30. The Hall–Kier alpha value is -2.63. The van der Waals surface area contributed by atoms with Gasteiger partial charge >= 0.3 is 0 Å². The van der Waals surface area contributed by atoms with E-state index in [-0.39, 0.29) is 5.91 Å². The quantitative estimate of drug-likeness (QED) is 0.564. The zero-order valence-electron chi connectivity index (χ0n) is 16.3. The van der Waals surface area contributed by atoms with Crippen molar-refractivity contribution in [3.63, 3.8) is 0 Å². The molecule has 0 atom stereocenters. The van der Waals surface area contributed by atoms with Crippen molar-refractivity contribution in [1.82, 2.24) is 14.8 Å². The van der Waals surface area contributed by atoms with E-state index in [0.717, 1.165) is 43.1 Å². The Morgan fingerprint density at radius 1 is 1.00 bits per heavy atom. The summed E-state index contributed by atoms with van der Waals surface area (Å²) in [4.78, 5) is 21.1. The molecule has 2 heterocycles. The number of benzene rings is 2. The van der Waals surface area contributed by atoms with Gasteiger partial charge in [0.1, 0.15) is 6.26 Å². The number of aromatic nitrogens is 1. The van der Waals surface area contributed by atoms with E-state index < -0.39 is 0 Å². The van der Waals surface area contributed by atoms with Gasteiger partial charge in [-0.05, 0) is 36.1 Å². The lowest BCUT2D eigenvalue weighted by atomic mass is 10.1. The van der Waals surface area contributed by atoms with Gasteiger partial charge in [-0.15, -0.1) is 0 Å². The van der Waals surface area contributed by atoms with Crippen LogP contribution in [-0.4, -0.2) is 33.8 Å². The standard InChI is InChI=1S/C23H24ClN3O2/c24-20-10-6-9-19(13-20)15-26(14-18-7-2-1-3-8-18)16-22-25-21(17-29-22)23(28)27-11-4-5-12-27/h1-3,6-10,13,17H,4-5,11-12,14-16H2. The van der Waals surface area contributed by atoms with Crippen LogP contribution in [0.3, 0.4) is 0 Å².